The Morgan fingerprint density at radius 2 is 1.87 bits per heavy atom. The van der Waals surface area contributed by atoms with Crippen LogP contribution in [0.4, 0.5) is 11.6 Å². The molecule has 0 fully saturated rings. The molecule has 154 valence electrons. The normalized spacial score (nSPS) is 10.9. The van der Waals surface area contributed by atoms with Crippen molar-refractivity contribution in [3.8, 4) is 22.8 Å². The van der Waals surface area contributed by atoms with Gasteiger partial charge >= 0.3 is 0 Å². The maximum Gasteiger partial charge on any atom is 0.213 e. The number of nitrogens with one attached hydrogen (secondary N) is 1. The molecule has 2 heterocycles. The fraction of sp³-hybridized carbons (Fsp3) is 0.217. The molecule has 0 saturated carbocycles. The number of nitrogens with zero attached hydrogens (tertiary/aromatic N) is 3. The van der Waals surface area contributed by atoms with Crippen molar-refractivity contribution < 1.29 is 14.2 Å². The fourth-order valence-electron chi connectivity index (χ4n) is 3.11. The van der Waals surface area contributed by atoms with E-state index in [4.69, 9.17) is 19.2 Å². The zero-order valence-electron chi connectivity index (χ0n) is 17.0. The topological polar surface area (TPSA) is 69.9 Å². The largest absolute Gasteiger partial charge is 0.493 e. The van der Waals surface area contributed by atoms with Crippen LogP contribution in [0.2, 0.25) is 0 Å². The molecular weight excluding hydrogens is 380 g/mol. The van der Waals surface area contributed by atoms with Crippen LogP contribution < -0.4 is 14.8 Å². The van der Waals surface area contributed by atoms with Crippen molar-refractivity contribution in [3.05, 3.63) is 67.0 Å². The van der Waals surface area contributed by atoms with Gasteiger partial charge < -0.3 is 19.5 Å². The molecule has 0 aliphatic heterocycles. The van der Waals surface area contributed by atoms with Gasteiger partial charge in [-0.25, -0.2) is 9.97 Å². The lowest BCUT2D eigenvalue weighted by Gasteiger charge is -2.14. The molecule has 7 heteroatoms. The van der Waals surface area contributed by atoms with Gasteiger partial charge in [0.25, 0.3) is 0 Å². The Kier molecular flexibility index (Phi) is 6.10. The second kappa shape index (κ2) is 9.28. The first kappa shape index (κ1) is 19.7. The standard InChI is InChI=1S/C23H24N4O3/c1-3-29-13-14-30-21-15-17(9-10-20(21)28-2)19-16-22-24-11-12-27(22)23(26-19)25-18-7-5-4-6-8-18/h4-12,15-16H,3,13-14H2,1-2H3,(H,25,26). The number of hydrogen-bond donors (Lipinski definition) is 1. The Hall–Kier alpha value is -3.58. The van der Waals surface area contributed by atoms with Crippen LogP contribution in [-0.2, 0) is 4.74 Å². The van der Waals surface area contributed by atoms with Crippen LogP contribution in [0.3, 0.4) is 0 Å². The highest BCUT2D eigenvalue weighted by molar-refractivity contribution is 5.70. The molecule has 4 rings (SSSR count). The zero-order chi connectivity index (χ0) is 20.8. The lowest BCUT2D eigenvalue weighted by Crippen LogP contribution is -2.07. The fourth-order valence-corrected chi connectivity index (χ4v) is 3.11. The summed E-state index contributed by atoms with van der Waals surface area (Å²) in [6, 6.07) is 17.6. The molecule has 2 aromatic carbocycles. The molecule has 30 heavy (non-hydrogen) atoms. The third kappa shape index (κ3) is 4.36. The van der Waals surface area contributed by atoms with Gasteiger partial charge in [0.1, 0.15) is 12.3 Å². The van der Waals surface area contributed by atoms with E-state index in [1.54, 1.807) is 13.3 Å². The van der Waals surface area contributed by atoms with Crippen LogP contribution in [0.25, 0.3) is 16.9 Å². The molecular formula is C23H24N4O3. The molecule has 0 saturated heterocycles. The number of methoxy groups -OCH3 is 1. The third-order valence-electron chi connectivity index (χ3n) is 4.57. The molecule has 0 aliphatic carbocycles. The minimum atomic E-state index is 0.446. The van der Waals surface area contributed by atoms with E-state index in [0.29, 0.717) is 37.3 Å². The molecule has 0 bridgehead atoms. The van der Waals surface area contributed by atoms with Crippen molar-refractivity contribution in [2.75, 3.05) is 32.2 Å². The highest BCUT2D eigenvalue weighted by Gasteiger charge is 2.12. The molecule has 0 amide bonds. The summed E-state index contributed by atoms with van der Waals surface area (Å²) < 4.78 is 18.6. The maximum atomic E-state index is 5.88. The lowest BCUT2D eigenvalue weighted by molar-refractivity contribution is 0.109. The molecule has 0 radical (unpaired) electrons. The van der Waals surface area contributed by atoms with Crippen LogP contribution in [0.15, 0.2) is 67.0 Å². The summed E-state index contributed by atoms with van der Waals surface area (Å²) in [5.74, 6) is 2.00. The van der Waals surface area contributed by atoms with Gasteiger partial charge in [0.15, 0.2) is 11.5 Å². The number of fused-ring (bicyclic) bond motifs is 1. The molecule has 0 atom stereocenters. The number of para-hydroxylation sites is 1. The van der Waals surface area contributed by atoms with Gasteiger partial charge in [0, 0.05) is 36.3 Å². The van der Waals surface area contributed by atoms with Crippen molar-refractivity contribution in [2.45, 2.75) is 6.92 Å². The molecule has 2 aromatic heterocycles. The highest BCUT2D eigenvalue weighted by atomic mass is 16.5. The average Bonchev–Trinajstić information content (AvgIpc) is 3.26. The number of imidazole rings is 1. The van der Waals surface area contributed by atoms with Crippen LogP contribution in [0, 0.1) is 0 Å². The maximum absolute atomic E-state index is 5.88. The van der Waals surface area contributed by atoms with Gasteiger partial charge in [-0.15, -0.1) is 0 Å². The zero-order valence-corrected chi connectivity index (χ0v) is 17.0. The first-order valence-corrected chi connectivity index (χ1v) is 9.83. The van der Waals surface area contributed by atoms with Gasteiger partial charge in [0.2, 0.25) is 5.95 Å². The summed E-state index contributed by atoms with van der Waals surface area (Å²) in [6.45, 7) is 3.58. The van der Waals surface area contributed by atoms with E-state index in [1.807, 2.05) is 72.1 Å². The first-order valence-electron chi connectivity index (χ1n) is 9.83. The smallest absolute Gasteiger partial charge is 0.213 e. The molecule has 0 spiro atoms. The Bertz CT molecular complexity index is 1110. The minimum Gasteiger partial charge on any atom is -0.493 e. The number of rotatable bonds is 9. The van der Waals surface area contributed by atoms with Crippen molar-refractivity contribution in [1.29, 1.82) is 0 Å². The predicted octanol–water partition coefficient (Wildman–Crippen LogP) is 4.56. The molecule has 0 aliphatic rings. The van der Waals surface area contributed by atoms with Crippen LogP contribution >= 0.6 is 0 Å². The van der Waals surface area contributed by atoms with Crippen molar-refractivity contribution >= 4 is 17.3 Å². The van der Waals surface area contributed by atoms with E-state index in [9.17, 15) is 0 Å². The van der Waals surface area contributed by atoms with E-state index in [0.717, 1.165) is 22.6 Å². The van der Waals surface area contributed by atoms with Crippen molar-refractivity contribution in [1.82, 2.24) is 14.4 Å². The number of anilines is 2. The molecule has 0 unspecified atom stereocenters. The number of aromatic nitrogens is 3. The second-order valence-electron chi connectivity index (χ2n) is 6.52. The Morgan fingerprint density at radius 3 is 2.67 bits per heavy atom. The van der Waals surface area contributed by atoms with Crippen LogP contribution in [0.1, 0.15) is 6.92 Å². The monoisotopic (exact) mass is 404 g/mol. The lowest BCUT2D eigenvalue weighted by atomic mass is 10.1. The summed E-state index contributed by atoms with van der Waals surface area (Å²) >= 11 is 0. The van der Waals surface area contributed by atoms with E-state index in [-0.39, 0.29) is 0 Å². The number of ether oxygens (including phenoxy) is 3. The Morgan fingerprint density at radius 1 is 1.00 bits per heavy atom. The molecule has 4 aromatic rings. The summed E-state index contributed by atoms with van der Waals surface area (Å²) in [5.41, 5.74) is 3.44. The minimum absolute atomic E-state index is 0.446. The van der Waals surface area contributed by atoms with E-state index >= 15 is 0 Å². The van der Waals surface area contributed by atoms with E-state index < -0.39 is 0 Å². The molecule has 7 nitrogen and oxygen atoms in total. The van der Waals surface area contributed by atoms with Crippen LogP contribution in [0.5, 0.6) is 11.5 Å². The summed E-state index contributed by atoms with van der Waals surface area (Å²) in [6.07, 6.45) is 3.64. The first-order chi connectivity index (χ1) is 14.8. The molecule has 1 N–H and O–H groups in total. The summed E-state index contributed by atoms with van der Waals surface area (Å²) in [4.78, 5) is 9.28. The average molecular weight is 404 g/mol. The Labute approximate surface area is 175 Å². The number of benzene rings is 2. The Balaban J connectivity index is 1.68. The van der Waals surface area contributed by atoms with Crippen molar-refractivity contribution in [3.63, 3.8) is 0 Å². The third-order valence-corrected chi connectivity index (χ3v) is 4.57. The summed E-state index contributed by atoms with van der Waals surface area (Å²) in [5, 5.41) is 3.37. The highest BCUT2D eigenvalue weighted by Crippen LogP contribution is 2.33. The predicted molar refractivity (Wildman–Crippen MR) is 117 cm³/mol. The van der Waals surface area contributed by atoms with E-state index in [2.05, 4.69) is 10.3 Å². The van der Waals surface area contributed by atoms with Gasteiger partial charge in [-0.1, -0.05) is 18.2 Å². The SMILES string of the molecule is CCOCCOc1cc(-c2cc3nccn3c(Nc3ccccc3)n2)ccc1OC. The van der Waals surface area contributed by atoms with Gasteiger partial charge in [-0.2, -0.15) is 0 Å². The van der Waals surface area contributed by atoms with Gasteiger partial charge in [-0.05, 0) is 37.3 Å². The van der Waals surface area contributed by atoms with Crippen LogP contribution in [-0.4, -0.2) is 41.3 Å². The summed E-state index contributed by atoms with van der Waals surface area (Å²) in [7, 11) is 1.63. The number of hydrogen-bond acceptors (Lipinski definition) is 6. The van der Waals surface area contributed by atoms with E-state index in [1.165, 1.54) is 0 Å². The van der Waals surface area contributed by atoms with Gasteiger partial charge in [-0.3, -0.25) is 4.40 Å². The second-order valence-corrected chi connectivity index (χ2v) is 6.52. The quantitative estimate of drug-likeness (QED) is 0.412. The van der Waals surface area contributed by atoms with Crippen molar-refractivity contribution in [2.24, 2.45) is 0 Å². The van der Waals surface area contributed by atoms with Gasteiger partial charge in [0.05, 0.1) is 19.4 Å².